The summed E-state index contributed by atoms with van der Waals surface area (Å²) in [4.78, 5) is 11.9. The number of hydrogen-bond donors (Lipinski definition) is 1. The minimum atomic E-state index is -0.212. The Morgan fingerprint density at radius 3 is 2.82 bits per heavy atom. The third-order valence-electron chi connectivity index (χ3n) is 3.20. The van der Waals surface area contributed by atoms with Crippen LogP contribution in [0.5, 0.6) is 0 Å². The summed E-state index contributed by atoms with van der Waals surface area (Å²) in [5.74, 6) is 0.0663. The largest absolute Gasteiger partial charge is 0.368 e. The maximum Gasteiger partial charge on any atom is 0.249 e. The van der Waals surface area contributed by atoms with Gasteiger partial charge in [0.05, 0.1) is 0 Å². The Kier molecular flexibility index (Phi) is 6.49. The molecule has 1 saturated heterocycles. The maximum absolute atomic E-state index is 11.9. The summed E-state index contributed by atoms with van der Waals surface area (Å²) >= 11 is 3.44. The van der Waals surface area contributed by atoms with Gasteiger partial charge < -0.3 is 10.1 Å². The molecule has 17 heavy (non-hydrogen) atoms. The third kappa shape index (κ3) is 5.87. The van der Waals surface area contributed by atoms with E-state index in [4.69, 9.17) is 4.74 Å². The molecule has 1 aliphatic rings. The molecule has 1 amide bonds. The number of halogens is 1. The average Bonchev–Trinajstić information content (AvgIpc) is 2.35. The molecule has 1 fully saturated rings. The van der Waals surface area contributed by atoms with E-state index in [9.17, 15) is 4.79 Å². The summed E-state index contributed by atoms with van der Waals surface area (Å²) in [6, 6.07) is 0. The molecule has 0 bridgehead atoms. The quantitative estimate of drug-likeness (QED) is 0.766. The third-order valence-corrected chi connectivity index (χ3v) is 3.76. The maximum atomic E-state index is 11.9. The fourth-order valence-corrected chi connectivity index (χ4v) is 2.30. The number of nitrogens with one attached hydrogen (secondary N) is 1. The Morgan fingerprint density at radius 1 is 1.47 bits per heavy atom. The highest BCUT2D eigenvalue weighted by Crippen LogP contribution is 2.22. The van der Waals surface area contributed by atoms with Crippen LogP contribution in [0.4, 0.5) is 0 Å². The van der Waals surface area contributed by atoms with Gasteiger partial charge in [-0.25, -0.2) is 0 Å². The minimum absolute atomic E-state index is 0.0663. The normalized spacial score (nSPS) is 21.2. The summed E-state index contributed by atoms with van der Waals surface area (Å²) in [6.45, 7) is 5.85. The molecule has 100 valence electrons. The van der Waals surface area contributed by atoms with Crippen molar-refractivity contribution >= 4 is 21.8 Å². The zero-order valence-electron chi connectivity index (χ0n) is 10.9. The summed E-state index contributed by atoms with van der Waals surface area (Å²) in [5.41, 5.74) is 0.165. The van der Waals surface area contributed by atoms with E-state index in [1.807, 2.05) is 0 Å². The van der Waals surface area contributed by atoms with Gasteiger partial charge in [0.25, 0.3) is 0 Å². The summed E-state index contributed by atoms with van der Waals surface area (Å²) < 4.78 is 5.47. The van der Waals surface area contributed by atoms with E-state index >= 15 is 0 Å². The van der Waals surface area contributed by atoms with Gasteiger partial charge >= 0.3 is 0 Å². The first-order valence-electron chi connectivity index (χ1n) is 6.50. The zero-order valence-corrected chi connectivity index (χ0v) is 12.5. The van der Waals surface area contributed by atoms with Crippen molar-refractivity contribution in [1.82, 2.24) is 5.32 Å². The molecule has 0 aromatic rings. The van der Waals surface area contributed by atoms with Crippen LogP contribution < -0.4 is 5.32 Å². The smallest absolute Gasteiger partial charge is 0.249 e. The Bertz CT molecular complexity index is 238. The summed E-state index contributed by atoms with van der Waals surface area (Å²) in [5, 5.41) is 4.05. The van der Waals surface area contributed by atoms with Gasteiger partial charge in [-0.05, 0) is 37.5 Å². The van der Waals surface area contributed by atoms with Gasteiger partial charge in [-0.15, -0.1) is 0 Å². The lowest BCUT2D eigenvalue weighted by Gasteiger charge is -2.27. The number of carbonyl (C=O) groups is 1. The van der Waals surface area contributed by atoms with Gasteiger partial charge in [-0.2, -0.15) is 0 Å². The second kappa shape index (κ2) is 7.37. The zero-order chi connectivity index (χ0) is 12.7. The van der Waals surface area contributed by atoms with Crippen molar-refractivity contribution in [3.8, 4) is 0 Å². The van der Waals surface area contributed by atoms with Crippen molar-refractivity contribution in [2.75, 3.05) is 18.5 Å². The highest BCUT2D eigenvalue weighted by molar-refractivity contribution is 9.09. The van der Waals surface area contributed by atoms with Crippen LogP contribution in [-0.2, 0) is 9.53 Å². The second-order valence-corrected chi connectivity index (χ2v) is 6.32. The molecule has 1 heterocycles. The van der Waals surface area contributed by atoms with E-state index in [1.165, 1.54) is 0 Å². The van der Waals surface area contributed by atoms with E-state index in [0.29, 0.717) is 0 Å². The predicted octanol–water partition coefficient (Wildman–Crippen LogP) is 2.87. The first-order chi connectivity index (χ1) is 8.05. The molecule has 4 heteroatoms. The lowest BCUT2D eigenvalue weighted by molar-refractivity contribution is -0.135. The van der Waals surface area contributed by atoms with Gasteiger partial charge in [-0.3, -0.25) is 4.79 Å². The van der Waals surface area contributed by atoms with Crippen molar-refractivity contribution in [1.29, 1.82) is 0 Å². The lowest BCUT2D eigenvalue weighted by Crippen LogP contribution is -2.42. The predicted molar refractivity (Wildman–Crippen MR) is 73.4 cm³/mol. The summed E-state index contributed by atoms with van der Waals surface area (Å²) in [7, 11) is 0. The molecule has 1 unspecified atom stereocenters. The molecule has 0 aromatic carbocycles. The topological polar surface area (TPSA) is 38.3 Å². The number of alkyl halides is 1. The van der Waals surface area contributed by atoms with Gasteiger partial charge in [0.15, 0.2) is 0 Å². The fourth-order valence-electron chi connectivity index (χ4n) is 2.02. The first-order valence-corrected chi connectivity index (χ1v) is 7.62. The van der Waals surface area contributed by atoms with Crippen molar-refractivity contribution in [2.24, 2.45) is 5.41 Å². The summed E-state index contributed by atoms with van der Waals surface area (Å²) in [6.07, 6.45) is 5.10. The highest BCUT2D eigenvalue weighted by Gasteiger charge is 2.24. The Labute approximate surface area is 113 Å². The molecule has 0 radical (unpaired) electrons. The van der Waals surface area contributed by atoms with E-state index in [2.05, 4.69) is 35.1 Å². The number of amides is 1. The van der Waals surface area contributed by atoms with Gasteiger partial charge in [0.2, 0.25) is 5.91 Å². The van der Waals surface area contributed by atoms with Crippen molar-refractivity contribution < 1.29 is 9.53 Å². The monoisotopic (exact) mass is 305 g/mol. The molecular formula is C13H24BrNO2. The van der Waals surface area contributed by atoms with Gasteiger partial charge in [0.1, 0.15) is 6.10 Å². The highest BCUT2D eigenvalue weighted by atomic mass is 79.9. The molecule has 0 aliphatic carbocycles. The van der Waals surface area contributed by atoms with Crippen molar-refractivity contribution in [2.45, 2.75) is 52.1 Å². The van der Waals surface area contributed by atoms with Crippen LogP contribution in [0, 0.1) is 5.41 Å². The minimum Gasteiger partial charge on any atom is -0.368 e. The number of rotatable bonds is 6. The number of ether oxygens (including phenoxy) is 1. The van der Waals surface area contributed by atoms with Crippen LogP contribution in [-0.4, -0.2) is 30.5 Å². The van der Waals surface area contributed by atoms with Crippen molar-refractivity contribution in [3.05, 3.63) is 0 Å². The molecule has 0 spiro atoms. The lowest BCUT2D eigenvalue weighted by atomic mass is 9.88. The second-order valence-electron chi connectivity index (χ2n) is 5.53. The number of hydrogen-bond acceptors (Lipinski definition) is 2. The van der Waals surface area contributed by atoms with Crippen molar-refractivity contribution in [3.63, 3.8) is 0 Å². The van der Waals surface area contributed by atoms with Crippen LogP contribution in [0.25, 0.3) is 0 Å². The molecule has 0 saturated carbocycles. The Morgan fingerprint density at radius 2 is 2.24 bits per heavy atom. The first kappa shape index (κ1) is 15.0. The van der Waals surface area contributed by atoms with Crippen LogP contribution in [0.1, 0.15) is 46.0 Å². The Balaban J connectivity index is 2.26. The van der Waals surface area contributed by atoms with Crippen LogP contribution in [0.15, 0.2) is 0 Å². The molecule has 1 aliphatic heterocycles. The average molecular weight is 306 g/mol. The van der Waals surface area contributed by atoms with Gasteiger partial charge in [-0.1, -0.05) is 29.8 Å². The SMILES string of the molecule is CC(C)(CCCBr)CNC(=O)C1CCCCO1. The van der Waals surface area contributed by atoms with Crippen LogP contribution in [0.3, 0.4) is 0 Å². The molecule has 0 aromatic heterocycles. The molecule has 1 atom stereocenters. The fraction of sp³-hybridized carbons (Fsp3) is 0.923. The Hall–Kier alpha value is -0.0900. The van der Waals surface area contributed by atoms with Crippen LogP contribution >= 0.6 is 15.9 Å². The van der Waals surface area contributed by atoms with E-state index in [-0.39, 0.29) is 17.4 Å². The molecule has 1 rings (SSSR count). The van der Waals surface area contributed by atoms with E-state index in [1.54, 1.807) is 0 Å². The van der Waals surface area contributed by atoms with E-state index in [0.717, 1.165) is 50.6 Å². The van der Waals surface area contributed by atoms with E-state index < -0.39 is 0 Å². The number of carbonyl (C=O) groups excluding carboxylic acids is 1. The molecule has 1 N–H and O–H groups in total. The van der Waals surface area contributed by atoms with Gasteiger partial charge in [0, 0.05) is 18.5 Å². The molecule has 3 nitrogen and oxygen atoms in total. The van der Waals surface area contributed by atoms with Crippen LogP contribution in [0.2, 0.25) is 0 Å². The standard InChI is InChI=1S/C13H24BrNO2/c1-13(2,7-5-8-14)10-15-12(16)11-6-3-4-9-17-11/h11H,3-10H2,1-2H3,(H,15,16). The molecular weight excluding hydrogens is 282 g/mol.